The van der Waals surface area contributed by atoms with Gasteiger partial charge in [-0.05, 0) is 32.0 Å². The van der Waals surface area contributed by atoms with Gasteiger partial charge in [0.1, 0.15) is 0 Å². The SMILES string of the molecule is CCCN(CCC)Cc1cc(C#CCCO)cs1. The van der Waals surface area contributed by atoms with E-state index in [1.807, 2.05) is 0 Å². The smallest absolute Gasteiger partial charge is 0.0540 e. The Morgan fingerprint density at radius 1 is 1.28 bits per heavy atom. The van der Waals surface area contributed by atoms with E-state index in [-0.39, 0.29) is 6.61 Å². The standard InChI is InChI=1S/C15H23NOS/c1-3-8-16(9-4-2)12-15-11-14(13-18-15)7-5-6-10-17/h11,13,17H,3-4,6,8-10,12H2,1-2H3. The molecular weight excluding hydrogens is 242 g/mol. The first-order valence-electron chi connectivity index (χ1n) is 6.69. The van der Waals surface area contributed by atoms with Crippen molar-refractivity contribution < 1.29 is 5.11 Å². The lowest BCUT2D eigenvalue weighted by Crippen LogP contribution is -2.24. The molecule has 0 amide bonds. The van der Waals surface area contributed by atoms with E-state index in [4.69, 9.17) is 5.11 Å². The third-order valence-electron chi connectivity index (χ3n) is 2.58. The lowest BCUT2D eigenvalue weighted by molar-refractivity contribution is 0.269. The zero-order valence-electron chi connectivity index (χ0n) is 11.4. The molecule has 1 aromatic heterocycles. The number of hydrogen-bond acceptors (Lipinski definition) is 3. The van der Waals surface area contributed by atoms with Crippen molar-refractivity contribution >= 4 is 11.3 Å². The van der Waals surface area contributed by atoms with Gasteiger partial charge in [0.05, 0.1) is 6.61 Å². The highest BCUT2D eigenvalue weighted by molar-refractivity contribution is 7.10. The van der Waals surface area contributed by atoms with Crippen LogP contribution in [0.1, 0.15) is 43.6 Å². The molecule has 3 heteroatoms. The average molecular weight is 265 g/mol. The van der Waals surface area contributed by atoms with Crippen molar-refractivity contribution in [2.75, 3.05) is 19.7 Å². The zero-order chi connectivity index (χ0) is 13.2. The van der Waals surface area contributed by atoms with E-state index in [1.165, 1.54) is 17.7 Å². The summed E-state index contributed by atoms with van der Waals surface area (Å²) in [5.41, 5.74) is 1.08. The molecule has 1 heterocycles. The Hall–Kier alpha value is -0.820. The van der Waals surface area contributed by atoms with Crippen molar-refractivity contribution in [1.29, 1.82) is 0 Å². The van der Waals surface area contributed by atoms with E-state index in [1.54, 1.807) is 11.3 Å². The van der Waals surface area contributed by atoms with Crippen LogP contribution >= 0.6 is 11.3 Å². The molecular formula is C15H23NOS. The summed E-state index contributed by atoms with van der Waals surface area (Å²) in [4.78, 5) is 3.88. The van der Waals surface area contributed by atoms with Crippen LogP contribution in [0.15, 0.2) is 11.4 Å². The fourth-order valence-corrected chi connectivity index (χ4v) is 2.73. The molecule has 0 atom stereocenters. The maximum Gasteiger partial charge on any atom is 0.0540 e. The molecule has 0 saturated heterocycles. The second kappa shape index (κ2) is 9.16. The normalized spacial score (nSPS) is 10.4. The van der Waals surface area contributed by atoms with E-state index in [2.05, 4.69) is 42.0 Å². The summed E-state index contributed by atoms with van der Waals surface area (Å²) in [6.45, 7) is 7.96. The van der Waals surface area contributed by atoms with Crippen LogP contribution in [0, 0.1) is 11.8 Å². The van der Waals surface area contributed by atoms with Crippen molar-refractivity contribution in [3.63, 3.8) is 0 Å². The van der Waals surface area contributed by atoms with Crippen LogP contribution in [0.4, 0.5) is 0 Å². The van der Waals surface area contributed by atoms with E-state index in [0.717, 1.165) is 25.2 Å². The predicted octanol–water partition coefficient (Wildman–Crippen LogP) is 3.10. The molecule has 0 bridgehead atoms. The molecule has 0 fully saturated rings. The van der Waals surface area contributed by atoms with Crippen LogP contribution in [0.25, 0.3) is 0 Å². The van der Waals surface area contributed by atoms with Crippen molar-refractivity contribution in [3.05, 3.63) is 21.9 Å². The molecule has 0 aromatic carbocycles. The molecule has 0 aliphatic heterocycles. The van der Waals surface area contributed by atoms with Gasteiger partial charge in [-0.25, -0.2) is 0 Å². The van der Waals surface area contributed by atoms with Crippen LogP contribution in [0.5, 0.6) is 0 Å². The summed E-state index contributed by atoms with van der Waals surface area (Å²) in [6.07, 6.45) is 2.96. The lowest BCUT2D eigenvalue weighted by atomic mass is 10.2. The third kappa shape index (κ3) is 5.68. The van der Waals surface area contributed by atoms with Crippen LogP contribution in [0.3, 0.4) is 0 Å². The Bertz CT molecular complexity index is 383. The first-order chi connectivity index (χ1) is 8.80. The molecule has 1 N–H and O–H groups in total. The Kier molecular flexibility index (Phi) is 7.75. The van der Waals surface area contributed by atoms with Crippen molar-refractivity contribution in [2.24, 2.45) is 0 Å². The molecule has 0 radical (unpaired) electrons. The van der Waals surface area contributed by atoms with Crippen LogP contribution < -0.4 is 0 Å². The van der Waals surface area contributed by atoms with Gasteiger partial charge in [0.25, 0.3) is 0 Å². The minimum Gasteiger partial charge on any atom is -0.395 e. The summed E-state index contributed by atoms with van der Waals surface area (Å²) >= 11 is 1.78. The van der Waals surface area contributed by atoms with E-state index < -0.39 is 0 Å². The summed E-state index contributed by atoms with van der Waals surface area (Å²) in [5, 5.41) is 10.8. The van der Waals surface area contributed by atoms with Crippen LogP contribution in [0.2, 0.25) is 0 Å². The molecule has 1 aromatic rings. The molecule has 0 saturated carbocycles. The number of aliphatic hydroxyl groups excluding tert-OH is 1. The second-order valence-corrected chi connectivity index (χ2v) is 5.35. The largest absolute Gasteiger partial charge is 0.395 e. The highest BCUT2D eigenvalue weighted by Gasteiger charge is 2.05. The van der Waals surface area contributed by atoms with Gasteiger partial charge < -0.3 is 5.11 Å². The van der Waals surface area contributed by atoms with Gasteiger partial charge in [-0.2, -0.15) is 0 Å². The zero-order valence-corrected chi connectivity index (χ0v) is 12.2. The van der Waals surface area contributed by atoms with Gasteiger partial charge in [-0.1, -0.05) is 25.7 Å². The topological polar surface area (TPSA) is 23.5 Å². The maximum atomic E-state index is 8.68. The number of nitrogens with zero attached hydrogens (tertiary/aromatic N) is 1. The Labute approximate surface area is 115 Å². The van der Waals surface area contributed by atoms with E-state index in [9.17, 15) is 0 Å². The Morgan fingerprint density at radius 3 is 2.61 bits per heavy atom. The van der Waals surface area contributed by atoms with Crippen molar-refractivity contribution in [2.45, 2.75) is 39.7 Å². The highest BCUT2D eigenvalue weighted by atomic mass is 32.1. The molecule has 100 valence electrons. The molecule has 1 rings (SSSR count). The van der Waals surface area contributed by atoms with Gasteiger partial charge >= 0.3 is 0 Å². The lowest BCUT2D eigenvalue weighted by Gasteiger charge is -2.19. The fourth-order valence-electron chi connectivity index (χ4n) is 1.87. The Balaban J connectivity index is 2.54. The van der Waals surface area contributed by atoms with Crippen LogP contribution in [-0.4, -0.2) is 29.7 Å². The molecule has 0 unspecified atom stereocenters. The number of rotatable bonds is 7. The summed E-state index contributed by atoms with van der Waals surface area (Å²) in [6, 6.07) is 2.17. The number of hydrogen-bond donors (Lipinski definition) is 1. The summed E-state index contributed by atoms with van der Waals surface area (Å²) in [7, 11) is 0. The third-order valence-corrected chi connectivity index (χ3v) is 3.50. The van der Waals surface area contributed by atoms with Crippen LogP contribution in [-0.2, 0) is 6.54 Å². The molecule has 2 nitrogen and oxygen atoms in total. The monoisotopic (exact) mass is 265 g/mol. The minimum absolute atomic E-state index is 0.144. The average Bonchev–Trinajstić information content (AvgIpc) is 2.78. The Morgan fingerprint density at radius 2 is 2.00 bits per heavy atom. The maximum absolute atomic E-state index is 8.68. The molecule has 0 aliphatic rings. The molecule has 0 aliphatic carbocycles. The minimum atomic E-state index is 0.144. The van der Waals surface area contributed by atoms with Crippen molar-refractivity contribution in [3.8, 4) is 11.8 Å². The van der Waals surface area contributed by atoms with Crippen molar-refractivity contribution in [1.82, 2.24) is 4.90 Å². The fraction of sp³-hybridized carbons (Fsp3) is 0.600. The van der Waals surface area contributed by atoms with Gasteiger partial charge in [0, 0.05) is 28.8 Å². The molecule has 18 heavy (non-hydrogen) atoms. The van der Waals surface area contributed by atoms with Gasteiger partial charge in [0.15, 0.2) is 0 Å². The summed E-state index contributed by atoms with van der Waals surface area (Å²) < 4.78 is 0. The number of thiophene rings is 1. The summed E-state index contributed by atoms with van der Waals surface area (Å²) in [5.74, 6) is 6.05. The first kappa shape index (κ1) is 15.2. The quantitative estimate of drug-likeness (QED) is 0.766. The van der Waals surface area contributed by atoms with Gasteiger partial charge in [0.2, 0.25) is 0 Å². The van der Waals surface area contributed by atoms with Gasteiger partial charge in [-0.3, -0.25) is 4.90 Å². The van der Waals surface area contributed by atoms with Gasteiger partial charge in [-0.15, -0.1) is 11.3 Å². The first-order valence-corrected chi connectivity index (χ1v) is 7.57. The second-order valence-electron chi connectivity index (χ2n) is 4.35. The predicted molar refractivity (Wildman–Crippen MR) is 78.8 cm³/mol. The van der Waals surface area contributed by atoms with E-state index >= 15 is 0 Å². The number of aliphatic hydroxyl groups is 1. The highest BCUT2D eigenvalue weighted by Crippen LogP contribution is 2.16. The molecule has 0 spiro atoms. The van der Waals surface area contributed by atoms with E-state index in [0.29, 0.717) is 6.42 Å².